The van der Waals surface area contributed by atoms with Crippen LogP contribution in [-0.4, -0.2) is 53.7 Å². The number of amides is 2. The molecule has 0 saturated heterocycles. The monoisotopic (exact) mass is 434 g/mol. The van der Waals surface area contributed by atoms with Crippen LogP contribution in [0, 0.1) is 0 Å². The number of carbonyl (C=O) groups excluding carboxylic acids is 2. The quantitative estimate of drug-likeness (QED) is 0.725. The molecule has 1 aliphatic heterocycles. The van der Waals surface area contributed by atoms with E-state index in [1.807, 2.05) is 31.2 Å². The lowest BCUT2D eigenvalue weighted by atomic mass is 9.98. The molecule has 2 N–H and O–H groups in total. The lowest BCUT2D eigenvalue weighted by molar-refractivity contribution is -0.135. The average Bonchev–Trinajstić information content (AvgIpc) is 3.14. The van der Waals surface area contributed by atoms with Gasteiger partial charge in [0.05, 0.1) is 0 Å². The van der Waals surface area contributed by atoms with Crippen LogP contribution >= 0.6 is 0 Å². The zero-order valence-corrected chi connectivity index (χ0v) is 17.9. The van der Waals surface area contributed by atoms with Crippen LogP contribution in [0.4, 0.5) is 4.79 Å². The molecule has 2 aliphatic rings. The fourth-order valence-electron chi connectivity index (χ4n) is 4.40. The summed E-state index contributed by atoms with van der Waals surface area (Å²) in [5.74, 6) is -1.24. The number of aliphatic carboxylic acids is 1. The zero-order chi connectivity index (χ0) is 22.7. The number of hydrogen-bond donors (Lipinski definition) is 2. The molecule has 2 aromatic rings. The summed E-state index contributed by atoms with van der Waals surface area (Å²) in [7, 11) is 0. The summed E-state index contributed by atoms with van der Waals surface area (Å²) >= 11 is 0. The van der Waals surface area contributed by atoms with Gasteiger partial charge in [0, 0.05) is 24.6 Å². The Kier molecular flexibility index (Phi) is 6.25. The molecule has 166 valence electrons. The van der Waals surface area contributed by atoms with Gasteiger partial charge in [-0.1, -0.05) is 61.5 Å². The Labute approximate surface area is 186 Å². The van der Waals surface area contributed by atoms with Gasteiger partial charge in [-0.15, -0.1) is 0 Å². The van der Waals surface area contributed by atoms with Gasteiger partial charge in [-0.2, -0.15) is 0 Å². The van der Waals surface area contributed by atoms with Gasteiger partial charge in [0.1, 0.15) is 12.6 Å². The minimum atomic E-state index is -0.957. The Morgan fingerprint density at radius 1 is 1.09 bits per heavy atom. The highest BCUT2D eigenvalue weighted by atomic mass is 16.5. The smallest absolute Gasteiger partial charge is 0.407 e. The van der Waals surface area contributed by atoms with Gasteiger partial charge < -0.3 is 20.1 Å². The standard InChI is InChI=1S/C25H26N2O5/c1-2-22(23(28)27-13-11-16(12-14-27)24(29)30)26-25(31)32-15-21-19-9-5-3-7-17(19)18-8-4-6-10-20(18)21/h3-11,21-22H,2,12-15H2,1H3,(H,26,31)(H,29,30)/t22-/m1/s1. The predicted molar refractivity (Wildman–Crippen MR) is 119 cm³/mol. The van der Waals surface area contributed by atoms with Crippen molar-refractivity contribution < 1.29 is 24.2 Å². The molecule has 32 heavy (non-hydrogen) atoms. The predicted octanol–water partition coefficient (Wildman–Crippen LogP) is 3.55. The molecule has 0 spiro atoms. The third-order valence-corrected chi connectivity index (χ3v) is 6.14. The van der Waals surface area contributed by atoms with E-state index in [0.717, 1.165) is 22.3 Å². The third kappa shape index (κ3) is 4.23. The lowest BCUT2D eigenvalue weighted by Gasteiger charge is -2.29. The van der Waals surface area contributed by atoms with Crippen molar-refractivity contribution in [3.63, 3.8) is 0 Å². The van der Waals surface area contributed by atoms with Crippen molar-refractivity contribution in [3.8, 4) is 11.1 Å². The molecule has 0 bridgehead atoms. The number of carbonyl (C=O) groups is 3. The maximum Gasteiger partial charge on any atom is 0.407 e. The molecule has 7 nitrogen and oxygen atoms in total. The molecule has 0 saturated carbocycles. The number of hydrogen-bond acceptors (Lipinski definition) is 4. The Bertz CT molecular complexity index is 1030. The number of rotatable bonds is 6. The molecular formula is C25H26N2O5. The minimum Gasteiger partial charge on any atom is -0.478 e. The number of benzene rings is 2. The van der Waals surface area contributed by atoms with Gasteiger partial charge >= 0.3 is 12.1 Å². The molecule has 1 aliphatic carbocycles. The fourth-order valence-corrected chi connectivity index (χ4v) is 4.40. The van der Waals surface area contributed by atoms with Crippen molar-refractivity contribution in [1.82, 2.24) is 10.2 Å². The first kappa shape index (κ1) is 21.6. The van der Waals surface area contributed by atoms with E-state index in [1.54, 1.807) is 11.0 Å². The van der Waals surface area contributed by atoms with Crippen LogP contribution in [0.5, 0.6) is 0 Å². The summed E-state index contributed by atoms with van der Waals surface area (Å²) in [5.41, 5.74) is 4.86. The molecule has 1 heterocycles. The third-order valence-electron chi connectivity index (χ3n) is 6.14. The number of carboxylic acid groups (broad SMARTS) is 1. The van der Waals surface area contributed by atoms with Gasteiger partial charge in [-0.3, -0.25) is 4.79 Å². The van der Waals surface area contributed by atoms with Gasteiger partial charge in [-0.05, 0) is 35.1 Å². The highest BCUT2D eigenvalue weighted by Gasteiger charge is 2.30. The first-order chi connectivity index (χ1) is 15.5. The lowest BCUT2D eigenvalue weighted by Crippen LogP contribution is -2.49. The maximum atomic E-state index is 12.8. The van der Waals surface area contributed by atoms with E-state index in [9.17, 15) is 14.4 Å². The average molecular weight is 434 g/mol. The van der Waals surface area contributed by atoms with E-state index < -0.39 is 18.1 Å². The first-order valence-corrected chi connectivity index (χ1v) is 10.8. The molecular weight excluding hydrogens is 408 g/mol. The minimum absolute atomic E-state index is 0.0504. The second-order valence-corrected chi connectivity index (χ2v) is 8.00. The first-order valence-electron chi connectivity index (χ1n) is 10.8. The molecule has 0 radical (unpaired) electrons. The molecule has 0 aromatic heterocycles. The van der Waals surface area contributed by atoms with E-state index in [4.69, 9.17) is 9.84 Å². The maximum absolute atomic E-state index is 12.8. The van der Waals surface area contributed by atoms with E-state index in [2.05, 4.69) is 29.6 Å². The number of nitrogens with one attached hydrogen (secondary N) is 1. The normalized spacial score (nSPS) is 15.9. The topological polar surface area (TPSA) is 95.9 Å². The summed E-state index contributed by atoms with van der Waals surface area (Å²) in [5, 5.41) is 11.7. The van der Waals surface area contributed by atoms with Crippen LogP contribution < -0.4 is 5.32 Å². The van der Waals surface area contributed by atoms with E-state index in [-0.39, 0.29) is 25.0 Å². The molecule has 2 aromatic carbocycles. The fraction of sp³-hybridized carbons (Fsp3) is 0.320. The number of ether oxygens (including phenoxy) is 1. The van der Waals surface area contributed by atoms with Crippen LogP contribution in [-0.2, 0) is 14.3 Å². The summed E-state index contributed by atoms with van der Waals surface area (Å²) in [6.45, 7) is 2.54. The SMILES string of the molecule is CC[C@@H](NC(=O)OCC1c2ccccc2-c2ccccc21)C(=O)N1CC=C(C(=O)O)CC1. The number of nitrogens with zero attached hydrogens (tertiary/aromatic N) is 1. The second kappa shape index (κ2) is 9.26. The number of fused-ring (bicyclic) bond motifs is 3. The van der Waals surface area contributed by atoms with Crippen molar-refractivity contribution in [3.05, 3.63) is 71.3 Å². The molecule has 0 fully saturated rings. The molecule has 2 amide bonds. The highest BCUT2D eigenvalue weighted by molar-refractivity contribution is 5.89. The Morgan fingerprint density at radius 3 is 2.25 bits per heavy atom. The number of carboxylic acids is 1. The summed E-state index contributed by atoms with van der Waals surface area (Å²) in [6.07, 6.45) is 1.62. The van der Waals surface area contributed by atoms with Gasteiger partial charge in [0.15, 0.2) is 0 Å². The van der Waals surface area contributed by atoms with Crippen LogP contribution in [0.25, 0.3) is 11.1 Å². The Balaban J connectivity index is 1.37. The van der Waals surface area contributed by atoms with E-state index in [1.165, 1.54) is 0 Å². The molecule has 1 atom stereocenters. The van der Waals surface area contributed by atoms with Crippen LogP contribution in [0.15, 0.2) is 60.2 Å². The summed E-state index contributed by atoms with van der Waals surface area (Å²) in [6, 6.07) is 15.5. The second-order valence-electron chi connectivity index (χ2n) is 8.00. The van der Waals surface area contributed by atoms with Crippen molar-refractivity contribution >= 4 is 18.0 Å². The molecule has 4 rings (SSSR count). The summed E-state index contributed by atoms with van der Waals surface area (Å²) in [4.78, 5) is 38.0. The Hall–Kier alpha value is -3.61. The Morgan fingerprint density at radius 2 is 1.72 bits per heavy atom. The van der Waals surface area contributed by atoms with Crippen LogP contribution in [0.2, 0.25) is 0 Å². The molecule has 0 unspecified atom stereocenters. The van der Waals surface area contributed by atoms with Gasteiger partial charge in [0.2, 0.25) is 5.91 Å². The van der Waals surface area contributed by atoms with E-state index in [0.29, 0.717) is 25.0 Å². The number of alkyl carbamates (subject to hydrolysis) is 1. The molecule has 7 heteroatoms. The summed E-state index contributed by atoms with van der Waals surface area (Å²) < 4.78 is 5.55. The van der Waals surface area contributed by atoms with Crippen molar-refractivity contribution in [2.24, 2.45) is 0 Å². The van der Waals surface area contributed by atoms with Gasteiger partial charge in [0.25, 0.3) is 0 Å². The van der Waals surface area contributed by atoms with E-state index >= 15 is 0 Å². The van der Waals surface area contributed by atoms with Crippen LogP contribution in [0.1, 0.15) is 36.8 Å². The van der Waals surface area contributed by atoms with Crippen molar-refractivity contribution in [1.29, 1.82) is 0 Å². The van der Waals surface area contributed by atoms with Crippen molar-refractivity contribution in [2.45, 2.75) is 31.7 Å². The van der Waals surface area contributed by atoms with Crippen LogP contribution in [0.3, 0.4) is 0 Å². The zero-order valence-electron chi connectivity index (χ0n) is 17.9. The van der Waals surface area contributed by atoms with Crippen molar-refractivity contribution in [2.75, 3.05) is 19.7 Å². The highest BCUT2D eigenvalue weighted by Crippen LogP contribution is 2.44. The van der Waals surface area contributed by atoms with Gasteiger partial charge in [-0.25, -0.2) is 9.59 Å². The largest absolute Gasteiger partial charge is 0.478 e.